The van der Waals surface area contributed by atoms with Crippen molar-refractivity contribution in [2.75, 3.05) is 14.2 Å². The molecule has 7 nitrogen and oxygen atoms in total. The molecule has 29 heavy (non-hydrogen) atoms. The molecule has 2 unspecified atom stereocenters. The summed E-state index contributed by atoms with van der Waals surface area (Å²) < 4.78 is 5.14. The Balaban J connectivity index is 1.75. The van der Waals surface area contributed by atoms with Crippen LogP contribution >= 0.6 is 11.6 Å². The number of urea groups is 1. The van der Waals surface area contributed by atoms with Crippen molar-refractivity contribution in [3.05, 3.63) is 58.5 Å². The van der Waals surface area contributed by atoms with Crippen molar-refractivity contribution in [2.45, 2.75) is 12.3 Å². The molecular formula is C21H19ClN4O3. The van der Waals surface area contributed by atoms with Crippen molar-refractivity contribution in [2.24, 2.45) is 5.92 Å². The number of carbonyl (C=O) groups excluding carboxylic acids is 2. The number of aromatic nitrogens is 2. The van der Waals surface area contributed by atoms with Crippen LogP contribution in [0, 0.1) is 17.8 Å². The molecule has 148 valence electrons. The lowest BCUT2D eigenvalue weighted by Gasteiger charge is -2.05. The molecule has 1 aromatic carbocycles. The Morgan fingerprint density at radius 1 is 1.31 bits per heavy atom. The SMILES string of the molecule is CNC(=O)N/C=C(\C=O)c1cc(C2CC2C#Cc2ccc(OC)cc2)c(Cl)nn1. The third-order valence-electron chi connectivity index (χ3n) is 4.47. The molecule has 1 aliphatic rings. The van der Waals surface area contributed by atoms with Crippen LogP contribution in [-0.2, 0) is 4.79 Å². The van der Waals surface area contributed by atoms with Gasteiger partial charge in [0.05, 0.1) is 18.4 Å². The van der Waals surface area contributed by atoms with E-state index in [2.05, 4.69) is 32.7 Å². The largest absolute Gasteiger partial charge is 0.497 e. The summed E-state index contributed by atoms with van der Waals surface area (Å²) in [4.78, 5) is 22.7. The fourth-order valence-corrected chi connectivity index (χ4v) is 2.96. The highest BCUT2D eigenvalue weighted by atomic mass is 35.5. The summed E-state index contributed by atoms with van der Waals surface area (Å²) in [7, 11) is 3.10. The Labute approximate surface area is 173 Å². The molecule has 1 heterocycles. The Hall–Kier alpha value is -3.37. The van der Waals surface area contributed by atoms with Gasteiger partial charge in [-0.1, -0.05) is 23.4 Å². The number of methoxy groups -OCH3 is 1. The number of rotatable bonds is 5. The summed E-state index contributed by atoms with van der Waals surface area (Å²) in [5.41, 5.74) is 2.23. The molecule has 0 saturated heterocycles. The summed E-state index contributed by atoms with van der Waals surface area (Å²) in [5.74, 6) is 7.47. The second-order valence-corrected chi connectivity index (χ2v) is 6.72. The molecule has 8 heteroatoms. The number of halogens is 1. The topological polar surface area (TPSA) is 93.2 Å². The van der Waals surface area contributed by atoms with Gasteiger partial charge in [-0.3, -0.25) is 4.79 Å². The van der Waals surface area contributed by atoms with E-state index in [9.17, 15) is 9.59 Å². The van der Waals surface area contributed by atoms with Crippen molar-refractivity contribution in [1.29, 1.82) is 0 Å². The van der Waals surface area contributed by atoms with Crippen LogP contribution in [0.15, 0.2) is 36.5 Å². The number of hydrogen-bond acceptors (Lipinski definition) is 5. The van der Waals surface area contributed by atoms with E-state index in [1.165, 1.54) is 13.2 Å². The first-order valence-corrected chi connectivity index (χ1v) is 9.26. The number of nitrogens with zero attached hydrogens (tertiary/aromatic N) is 2. The molecule has 1 aromatic heterocycles. The minimum atomic E-state index is -0.442. The van der Waals surface area contributed by atoms with Gasteiger partial charge in [0, 0.05) is 30.6 Å². The van der Waals surface area contributed by atoms with Gasteiger partial charge < -0.3 is 15.4 Å². The first kappa shape index (κ1) is 20.4. The molecule has 1 saturated carbocycles. The van der Waals surface area contributed by atoms with Crippen LogP contribution in [0.1, 0.15) is 29.2 Å². The second-order valence-electron chi connectivity index (χ2n) is 6.36. The summed E-state index contributed by atoms with van der Waals surface area (Å²) in [6.45, 7) is 0. The van der Waals surface area contributed by atoms with Gasteiger partial charge in [0.2, 0.25) is 0 Å². The van der Waals surface area contributed by atoms with Crippen LogP contribution in [0.4, 0.5) is 4.79 Å². The van der Waals surface area contributed by atoms with Gasteiger partial charge >= 0.3 is 6.03 Å². The lowest BCUT2D eigenvalue weighted by molar-refractivity contribution is -0.103. The van der Waals surface area contributed by atoms with E-state index in [4.69, 9.17) is 16.3 Å². The van der Waals surface area contributed by atoms with Crippen LogP contribution in [0.2, 0.25) is 5.15 Å². The van der Waals surface area contributed by atoms with Crippen LogP contribution in [-0.4, -0.2) is 36.7 Å². The Kier molecular flexibility index (Phi) is 6.47. The van der Waals surface area contributed by atoms with Crippen LogP contribution < -0.4 is 15.4 Å². The van der Waals surface area contributed by atoms with E-state index in [-0.39, 0.29) is 22.6 Å². The number of nitrogens with one attached hydrogen (secondary N) is 2. The number of benzene rings is 1. The lowest BCUT2D eigenvalue weighted by Crippen LogP contribution is -2.28. The molecule has 3 rings (SSSR count). The first-order chi connectivity index (χ1) is 14.0. The normalized spacial score (nSPS) is 17.6. The molecule has 2 amide bonds. The van der Waals surface area contributed by atoms with Crippen molar-refractivity contribution >= 4 is 29.5 Å². The maximum atomic E-state index is 11.4. The third-order valence-corrected chi connectivity index (χ3v) is 4.76. The van der Waals surface area contributed by atoms with E-state index in [0.717, 1.165) is 23.3 Å². The molecular weight excluding hydrogens is 392 g/mol. The summed E-state index contributed by atoms with van der Waals surface area (Å²) in [5, 5.41) is 13.0. The second kappa shape index (κ2) is 9.22. The Morgan fingerprint density at radius 2 is 2.07 bits per heavy atom. The van der Waals surface area contributed by atoms with E-state index < -0.39 is 6.03 Å². The van der Waals surface area contributed by atoms with Gasteiger partial charge in [0.1, 0.15) is 5.75 Å². The monoisotopic (exact) mass is 410 g/mol. The van der Waals surface area contributed by atoms with Crippen LogP contribution in [0.3, 0.4) is 0 Å². The highest BCUT2D eigenvalue weighted by Gasteiger charge is 2.39. The van der Waals surface area contributed by atoms with Gasteiger partial charge in [-0.25, -0.2) is 4.79 Å². The zero-order chi connectivity index (χ0) is 20.8. The van der Waals surface area contributed by atoms with Crippen LogP contribution in [0.5, 0.6) is 5.75 Å². The van der Waals surface area contributed by atoms with Crippen molar-refractivity contribution in [1.82, 2.24) is 20.8 Å². The van der Waals surface area contributed by atoms with Gasteiger partial charge in [0.15, 0.2) is 11.4 Å². The molecule has 0 spiro atoms. The molecule has 2 aromatic rings. The number of allylic oxidation sites excluding steroid dienone is 1. The minimum Gasteiger partial charge on any atom is -0.497 e. The fraction of sp³-hybridized carbons (Fsp3) is 0.238. The van der Waals surface area contributed by atoms with Gasteiger partial charge in [-0.15, -0.1) is 10.2 Å². The fourth-order valence-electron chi connectivity index (χ4n) is 2.72. The molecule has 0 radical (unpaired) electrons. The van der Waals surface area contributed by atoms with Gasteiger partial charge in [-0.05, 0) is 42.3 Å². The molecule has 0 bridgehead atoms. The molecule has 2 N–H and O–H groups in total. The molecule has 1 aliphatic carbocycles. The summed E-state index contributed by atoms with van der Waals surface area (Å²) in [6, 6.07) is 8.82. The lowest BCUT2D eigenvalue weighted by atomic mass is 10.1. The highest BCUT2D eigenvalue weighted by molar-refractivity contribution is 6.30. The van der Waals surface area contributed by atoms with E-state index >= 15 is 0 Å². The first-order valence-electron chi connectivity index (χ1n) is 8.88. The Bertz CT molecular complexity index is 1010. The maximum Gasteiger partial charge on any atom is 0.318 e. The Morgan fingerprint density at radius 3 is 2.72 bits per heavy atom. The average Bonchev–Trinajstić information content (AvgIpc) is 3.53. The standard InChI is InChI=1S/C21H19ClN4O3/c1-23-21(28)24-11-15(12-27)19-10-18(20(22)26-25-19)17-9-14(17)6-3-13-4-7-16(29-2)8-5-13/h4-5,7-8,10-12,14,17H,9H2,1-2H3,(H2,23,24,28)/b15-11+. The average molecular weight is 411 g/mol. The predicted octanol–water partition coefficient (Wildman–Crippen LogP) is 2.76. The number of amides is 2. The third kappa shape index (κ3) is 5.12. The minimum absolute atomic E-state index is 0.127. The van der Waals surface area contributed by atoms with Gasteiger partial charge in [0.25, 0.3) is 0 Å². The van der Waals surface area contributed by atoms with E-state index in [0.29, 0.717) is 12.0 Å². The number of ether oxygens (including phenoxy) is 1. The van der Waals surface area contributed by atoms with E-state index in [1.807, 2.05) is 24.3 Å². The van der Waals surface area contributed by atoms with Gasteiger partial charge in [-0.2, -0.15) is 0 Å². The zero-order valence-electron chi connectivity index (χ0n) is 15.9. The van der Waals surface area contributed by atoms with Crippen molar-refractivity contribution in [3.8, 4) is 17.6 Å². The number of hydrogen-bond donors (Lipinski definition) is 2. The predicted molar refractivity (Wildman–Crippen MR) is 109 cm³/mol. The molecule has 1 fully saturated rings. The quantitative estimate of drug-likeness (QED) is 0.449. The highest BCUT2D eigenvalue weighted by Crippen LogP contribution is 2.49. The summed E-state index contributed by atoms with van der Waals surface area (Å²) in [6.07, 6.45) is 2.73. The molecule has 2 atom stereocenters. The number of aldehydes is 1. The maximum absolute atomic E-state index is 11.4. The zero-order valence-corrected chi connectivity index (χ0v) is 16.7. The number of carbonyl (C=O) groups is 2. The smallest absolute Gasteiger partial charge is 0.318 e. The van der Waals surface area contributed by atoms with Crippen LogP contribution in [0.25, 0.3) is 5.57 Å². The van der Waals surface area contributed by atoms with E-state index in [1.54, 1.807) is 13.2 Å². The van der Waals surface area contributed by atoms with Crippen molar-refractivity contribution < 1.29 is 14.3 Å². The van der Waals surface area contributed by atoms with Crippen molar-refractivity contribution in [3.63, 3.8) is 0 Å². The molecule has 0 aliphatic heterocycles. The summed E-state index contributed by atoms with van der Waals surface area (Å²) >= 11 is 6.22.